The minimum atomic E-state index is -0.878. The summed E-state index contributed by atoms with van der Waals surface area (Å²) in [6.45, 7) is 0.995. The van der Waals surface area contributed by atoms with Crippen LogP contribution in [-0.2, 0) is 4.79 Å². The van der Waals surface area contributed by atoms with Crippen LogP contribution in [-0.4, -0.2) is 51.1 Å². The molecule has 0 atom stereocenters. The van der Waals surface area contributed by atoms with Crippen LogP contribution in [0, 0.1) is 0 Å². The van der Waals surface area contributed by atoms with Gasteiger partial charge in [-0.15, -0.1) is 0 Å². The Kier molecular flexibility index (Phi) is 5.49. The second kappa shape index (κ2) is 9.30. The molecule has 1 aliphatic heterocycles. The second-order valence-electron chi connectivity index (χ2n) is 9.53. The maximum Gasteiger partial charge on any atom is 0.317 e. The van der Waals surface area contributed by atoms with Gasteiger partial charge in [-0.1, -0.05) is 24.3 Å². The number of aromatic nitrogens is 4. The quantitative estimate of drug-likeness (QED) is 0.201. The minimum absolute atomic E-state index is 0.0884. The molecule has 0 unspecified atom stereocenters. The van der Waals surface area contributed by atoms with Crippen molar-refractivity contribution in [3.05, 3.63) is 85.2 Å². The fraction of sp³-hybridized carbons (Fsp3) is 0.100. The van der Waals surface area contributed by atoms with Crippen molar-refractivity contribution in [2.45, 2.75) is 0 Å². The molecule has 0 radical (unpaired) electrons. The highest BCUT2D eigenvalue weighted by Gasteiger charge is 2.25. The molecular formula is C30H24N6O3. The summed E-state index contributed by atoms with van der Waals surface area (Å²) in [5.41, 5.74) is 8.04. The van der Waals surface area contributed by atoms with E-state index in [-0.39, 0.29) is 6.54 Å². The van der Waals surface area contributed by atoms with Gasteiger partial charge in [0.1, 0.15) is 0 Å². The van der Waals surface area contributed by atoms with Crippen molar-refractivity contribution in [3.63, 3.8) is 0 Å². The predicted octanol–water partition coefficient (Wildman–Crippen LogP) is 5.69. The van der Waals surface area contributed by atoms with Gasteiger partial charge in [0.2, 0.25) is 0 Å². The average molecular weight is 517 g/mol. The number of nitrogens with zero attached hydrogens (tertiary/aromatic N) is 3. The molecule has 7 rings (SSSR count). The molecule has 2 aromatic heterocycles. The predicted molar refractivity (Wildman–Crippen MR) is 151 cm³/mol. The topological polar surface area (TPSA) is 119 Å². The Morgan fingerprint density at radius 1 is 0.769 bits per heavy atom. The normalized spacial score (nSPS) is 12.4. The molecule has 0 aliphatic carbocycles. The van der Waals surface area contributed by atoms with E-state index < -0.39 is 5.97 Å². The molecule has 0 fully saturated rings. The highest BCUT2D eigenvalue weighted by atomic mass is 16.5. The van der Waals surface area contributed by atoms with E-state index in [4.69, 9.17) is 9.84 Å². The lowest BCUT2D eigenvalue weighted by Gasteiger charge is -2.33. The molecule has 6 aromatic rings. The summed E-state index contributed by atoms with van der Waals surface area (Å²) in [5.74, 6) is 0.608. The zero-order chi connectivity index (χ0) is 26.3. The lowest BCUT2D eigenvalue weighted by Crippen LogP contribution is -2.33. The Hall–Kier alpha value is -5.15. The molecule has 1 aliphatic rings. The van der Waals surface area contributed by atoms with Crippen LogP contribution < -0.4 is 15.0 Å². The van der Waals surface area contributed by atoms with E-state index in [2.05, 4.69) is 91.3 Å². The minimum Gasteiger partial charge on any atom is -0.480 e. The van der Waals surface area contributed by atoms with E-state index in [0.29, 0.717) is 13.1 Å². The van der Waals surface area contributed by atoms with Crippen LogP contribution in [0.25, 0.3) is 44.1 Å². The molecule has 0 bridgehead atoms. The van der Waals surface area contributed by atoms with Crippen molar-refractivity contribution in [3.8, 4) is 33.8 Å². The molecule has 192 valence electrons. The van der Waals surface area contributed by atoms with Gasteiger partial charge < -0.3 is 20.1 Å². The Labute approximate surface area is 223 Å². The first kappa shape index (κ1) is 23.0. The average Bonchev–Trinajstić information content (AvgIpc) is 3.62. The van der Waals surface area contributed by atoms with E-state index in [1.54, 1.807) is 0 Å². The van der Waals surface area contributed by atoms with Gasteiger partial charge in [-0.05, 0) is 70.8 Å². The number of H-pyrrole nitrogens is 2. The molecule has 39 heavy (non-hydrogen) atoms. The van der Waals surface area contributed by atoms with E-state index in [1.165, 1.54) is 0 Å². The highest BCUT2D eigenvalue weighted by molar-refractivity contribution is 5.88. The molecule has 3 heterocycles. The van der Waals surface area contributed by atoms with Gasteiger partial charge in [-0.25, -0.2) is 0 Å². The summed E-state index contributed by atoms with van der Waals surface area (Å²) in [7, 11) is 0. The molecule has 0 spiro atoms. The van der Waals surface area contributed by atoms with Crippen LogP contribution in [0.3, 0.4) is 0 Å². The number of carbonyl (C=O) groups is 1. The van der Waals surface area contributed by atoms with Crippen molar-refractivity contribution < 1.29 is 14.6 Å². The fourth-order valence-corrected chi connectivity index (χ4v) is 5.12. The van der Waals surface area contributed by atoms with Gasteiger partial charge >= 0.3 is 5.97 Å². The molecule has 0 amide bonds. The number of rotatable bonds is 7. The number of benzene rings is 4. The summed E-state index contributed by atoms with van der Waals surface area (Å²) in [4.78, 5) is 13.2. The van der Waals surface area contributed by atoms with Crippen LogP contribution in [0.4, 0.5) is 11.4 Å². The number of ether oxygens (including phenoxy) is 1. The zero-order valence-corrected chi connectivity index (χ0v) is 20.8. The number of carboxylic acids is 1. The van der Waals surface area contributed by atoms with Gasteiger partial charge in [0.25, 0.3) is 0 Å². The van der Waals surface area contributed by atoms with Crippen molar-refractivity contribution in [1.82, 2.24) is 25.7 Å². The fourth-order valence-electron chi connectivity index (χ4n) is 5.12. The maximum absolute atomic E-state index is 11.0. The molecule has 0 saturated heterocycles. The number of anilines is 2. The van der Waals surface area contributed by atoms with E-state index in [9.17, 15) is 4.79 Å². The van der Waals surface area contributed by atoms with Crippen molar-refractivity contribution in [1.29, 1.82) is 0 Å². The first-order chi connectivity index (χ1) is 19.1. The summed E-state index contributed by atoms with van der Waals surface area (Å²) in [5, 5.41) is 28.4. The van der Waals surface area contributed by atoms with Crippen molar-refractivity contribution >= 4 is 39.1 Å². The smallest absolute Gasteiger partial charge is 0.317 e. The number of fused-ring (bicyclic) bond motifs is 4. The lowest BCUT2D eigenvalue weighted by atomic mass is 10.0. The molecule has 4 aromatic carbocycles. The van der Waals surface area contributed by atoms with Crippen molar-refractivity contribution in [2.75, 3.05) is 24.5 Å². The third-order valence-corrected chi connectivity index (χ3v) is 7.06. The standard InChI is InChI=1S/C30H24N6O3/c37-30(38)17-31-9-10-36-26-7-3-20(18-1-5-24-22(11-18)15-32-34-24)13-28(26)39-29-14-21(4-8-27(29)36)19-2-6-25-23(12-19)16-33-35-25/h1-8,11-16,31H,9-10,17H2,(H,32,34)(H,33,35)(H,37,38). The summed E-state index contributed by atoms with van der Waals surface area (Å²) in [6, 6.07) is 24.8. The van der Waals surface area contributed by atoms with Crippen LogP contribution >= 0.6 is 0 Å². The first-order valence-electron chi connectivity index (χ1n) is 12.7. The molecule has 4 N–H and O–H groups in total. The highest BCUT2D eigenvalue weighted by Crippen LogP contribution is 2.49. The Balaban J connectivity index is 1.27. The van der Waals surface area contributed by atoms with E-state index in [1.807, 2.05) is 24.5 Å². The third kappa shape index (κ3) is 4.24. The van der Waals surface area contributed by atoms with E-state index in [0.717, 1.165) is 66.9 Å². The Bertz CT molecular complexity index is 1730. The third-order valence-electron chi connectivity index (χ3n) is 7.06. The number of hydrogen-bond donors (Lipinski definition) is 4. The Morgan fingerprint density at radius 2 is 1.28 bits per heavy atom. The molecule has 9 nitrogen and oxygen atoms in total. The van der Waals surface area contributed by atoms with Crippen LogP contribution in [0.15, 0.2) is 85.2 Å². The summed E-state index contributed by atoms with van der Waals surface area (Å²) >= 11 is 0. The van der Waals surface area contributed by atoms with Crippen molar-refractivity contribution in [2.24, 2.45) is 0 Å². The van der Waals surface area contributed by atoms with Crippen LogP contribution in [0.5, 0.6) is 11.5 Å². The number of aromatic amines is 2. The maximum atomic E-state index is 11.0. The van der Waals surface area contributed by atoms with Crippen LogP contribution in [0.2, 0.25) is 0 Å². The lowest BCUT2D eigenvalue weighted by molar-refractivity contribution is -0.135. The molecule has 0 saturated carbocycles. The number of aliphatic carboxylic acids is 1. The van der Waals surface area contributed by atoms with Gasteiger partial charge in [0.05, 0.1) is 41.3 Å². The second-order valence-corrected chi connectivity index (χ2v) is 9.53. The SMILES string of the molecule is O=C(O)CNCCN1c2ccc(-c3ccc4[nH]ncc4c3)cc2Oc2cc(-c3ccc4[nH]ncc4c3)ccc21. The van der Waals surface area contributed by atoms with Gasteiger partial charge in [-0.3, -0.25) is 15.0 Å². The summed E-state index contributed by atoms with van der Waals surface area (Å²) in [6.07, 6.45) is 3.64. The Morgan fingerprint density at radius 3 is 1.82 bits per heavy atom. The molecule has 9 heteroatoms. The van der Waals surface area contributed by atoms with Gasteiger partial charge in [0, 0.05) is 23.9 Å². The number of hydrogen-bond acceptors (Lipinski definition) is 6. The van der Waals surface area contributed by atoms with Gasteiger partial charge in [-0.2, -0.15) is 10.2 Å². The number of carboxylic acid groups (broad SMARTS) is 1. The largest absolute Gasteiger partial charge is 0.480 e. The monoisotopic (exact) mass is 516 g/mol. The zero-order valence-electron chi connectivity index (χ0n) is 20.8. The first-order valence-corrected chi connectivity index (χ1v) is 12.7. The van der Waals surface area contributed by atoms with Crippen LogP contribution in [0.1, 0.15) is 0 Å². The number of nitrogens with one attached hydrogen (secondary N) is 3. The summed E-state index contributed by atoms with van der Waals surface area (Å²) < 4.78 is 6.53. The van der Waals surface area contributed by atoms with Gasteiger partial charge in [0.15, 0.2) is 11.5 Å². The van der Waals surface area contributed by atoms with E-state index >= 15 is 0 Å². The molecular weight excluding hydrogens is 492 g/mol.